The number of anilines is 1. The van der Waals surface area contributed by atoms with E-state index in [1.165, 1.54) is 32.2 Å². The quantitative estimate of drug-likeness (QED) is 0.647. The molecule has 2 aromatic rings. The minimum absolute atomic E-state index is 0.257. The molecule has 0 heterocycles. The first-order valence-electron chi connectivity index (χ1n) is 7.72. The second kappa shape index (κ2) is 9.69. The molecule has 1 atom stereocenters. The minimum Gasteiger partial charge on any atom is -0.495 e. The third kappa shape index (κ3) is 6.20. The molecule has 0 aliphatic heterocycles. The highest BCUT2D eigenvalue weighted by Gasteiger charge is 2.19. The van der Waals surface area contributed by atoms with Crippen LogP contribution < -0.4 is 14.8 Å². The number of hydrogen-bond acceptors (Lipinski definition) is 5. The fourth-order valence-electron chi connectivity index (χ4n) is 2.03. The topological polar surface area (TPSA) is 73.9 Å². The summed E-state index contributed by atoms with van der Waals surface area (Å²) in [5.74, 6) is -0.582. The van der Waals surface area contributed by atoms with Crippen molar-refractivity contribution in [2.75, 3.05) is 19.0 Å². The molecule has 0 bridgehead atoms. The lowest BCUT2D eigenvalue weighted by Crippen LogP contribution is -2.29. The van der Waals surface area contributed by atoms with E-state index in [9.17, 15) is 9.59 Å². The molecule has 0 aliphatic carbocycles. The van der Waals surface area contributed by atoms with Crippen molar-refractivity contribution < 1.29 is 23.8 Å². The molecule has 0 aromatic heterocycles. The maximum Gasteiger partial charge on any atom is 0.347 e. The Hall–Kier alpha value is -2.15. The number of nitrogens with one attached hydrogen (secondary N) is 1. The summed E-state index contributed by atoms with van der Waals surface area (Å²) in [5.41, 5.74) is 0.364. The zero-order valence-corrected chi connectivity index (χ0v) is 16.7. The van der Waals surface area contributed by atoms with Crippen LogP contribution in [-0.4, -0.2) is 31.7 Å². The number of amides is 1. The van der Waals surface area contributed by atoms with Gasteiger partial charge in [0.05, 0.1) is 17.8 Å². The summed E-state index contributed by atoms with van der Waals surface area (Å²) in [6.07, 6.45) is -0.975. The molecule has 1 amide bonds. The molecule has 2 rings (SSSR count). The Morgan fingerprint density at radius 1 is 1.04 bits per heavy atom. The minimum atomic E-state index is -0.975. The van der Waals surface area contributed by atoms with Gasteiger partial charge in [0, 0.05) is 10.0 Å². The zero-order chi connectivity index (χ0) is 20.0. The van der Waals surface area contributed by atoms with E-state index < -0.39 is 24.6 Å². The Morgan fingerprint density at radius 3 is 2.30 bits per heavy atom. The monoisotopic (exact) mass is 431 g/mol. The van der Waals surface area contributed by atoms with Gasteiger partial charge in [-0.2, -0.15) is 0 Å². The maximum atomic E-state index is 12.0. The molecule has 0 aliphatic rings. The van der Waals surface area contributed by atoms with Crippen LogP contribution in [-0.2, 0) is 14.3 Å². The van der Waals surface area contributed by atoms with Gasteiger partial charge in [-0.25, -0.2) is 4.79 Å². The van der Waals surface area contributed by atoms with Gasteiger partial charge in [0.15, 0.2) is 12.7 Å². The van der Waals surface area contributed by atoms with Crippen LogP contribution in [0.5, 0.6) is 11.5 Å². The van der Waals surface area contributed by atoms with Crippen LogP contribution in [0.4, 0.5) is 5.69 Å². The standard InChI is InChI=1S/C18H16Cl3NO5/c1-10(27-15-5-3-11(19)7-13(15)21)18(24)26-9-17(23)22-14-8-12(20)4-6-16(14)25-2/h3-8,10H,9H2,1-2H3,(H,22,23). The van der Waals surface area contributed by atoms with Crippen molar-refractivity contribution in [3.8, 4) is 11.5 Å². The number of esters is 1. The predicted molar refractivity (Wildman–Crippen MR) is 104 cm³/mol. The molecule has 0 radical (unpaired) electrons. The number of methoxy groups -OCH3 is 1. The maximum absolute atomic E-state index is 12.0. The van der Waals surface area contributed by atoms with Crippen LogP contribution in [0.3, 0.4) is 0 Å². The second-order valence-corrected chi connectivity index (χ2v) is 6.62. The molecule has 9 heteroatoms. The van der Waals surface area contributed by atoms with Gasteiger partial charge >= 0.3 is 5.97 Å². The number of ether oxygens (including phenoxy) is 3. The molecular weight excluding hydrogens is 417 g/mol. The van der Waals surface area contributed by atoms with E-state index in [1.54, 1.807) is 18.2 Å². The lowest BCUT2D eigenvalue weighted by atomic mass is 10.3. The molecule has 0 fully saturated rings. The van der Waals surface area contributed by atoms with Crippen molar-refractivity contribution in [1.82, 2.24) is 0 Å². The molecule has 0 saturated heterocycles. The first-order valence-corrected chi connectivity index (χ1v) is 8.85. The fraction of sp³-hybridized carbons (Fsp3) is 0.222. The largest absolute Gasteiger partial charge is 0.495 e. The lowest BCUT2D eigenvalue weighted by molar-refractivity contribution is -0.153. The molecule has 0 saturated carbocycles. The van der Waals surface area contributed by atoms with Crippen molar-refractivity contribution >= 4 is 52.4 Å². The summed E-state index contributed by atoms with van der Waals surface area (Å²) in [6, 6.07) is 9.35. The third-order valence-corrected chi connectivity index (χ3v) is 4.08. The van der Waals surface area contributed by atoms with Crippen molar-refractivity contribution in [2.24, 2.45) is 0 Å². The van der Waals surface area contributed by atoms with Gasteiger partial charge in [0.1, 0.15) is 11.5 Å². The van der Waals surface area contributed by atoms with Gasteiger partial charge in [0.2, 0.25) is 0 Å². The summed E-state index contributed by atoms with van der Waals surface area (Å²) in [4.78, 5) is 24.0. The van der Waals surface area contributed by atoms with Crippen LogP contribution >= 0.6 is 34.8 Å². The van der Waals surface area contributed by atoms with Crippen LogP contribution in [0, 0.1) is 0 Å². The van der Waals surface area contributed by atoms with Crippen molar-refractivity contribution in [3.05, 3.63) is 51.5 Å². The third-order valence-electron chi connectivity index (χ3n) is 3.31. The predicted octanol–water partition coefficient (Wildman–Crippen LogP) is 4.60. The molecule has 27 heavy (non-hydrogen) atoms. The van der Waals surface area contributed by atoms with Crippen LogP contribution in [0.1, 0.15) is 6.92 Å². The van der Waals surface area contributed by atoms with Crippen LogP contribution in [0.15, 0.2) is 36.4 Å². The van der Waals surface area contributed by atoms with Gasteiger partial charge in [0.25, 0.3) is 5.91 Å². The SMILES string of the molecule is COc1ccc(Cl)cc1NC(=O)COC(=O)C(C)Oc1ccc(Cl)cc1Cl. The molecule has 1 unspecified atom stereocenters. The summed E-state index contributed by atoms with van der Waals surface area (Å²) in [5, 5.41) is 3.68. The highest BCUT2D eigenvalue weighted by atomic mass is 35.5. The lowest BCUT2D eigenvalue weighted by Gasteiger charge is -2.15. The van der Waals surface area contributed by atoms with Gasteiger partial charge < -0.3 is 19.5 Å². The van der Waals surface area contributed by atoms with Gasteiger partial charge in [-0.3, -0.25) is 4.79 Å². The van der Waals surface area contributed by atoms with E-state index in [2.05, 4.69) is 5.32 Å². The van der Waals surface area contributed by atoms with Crippen LogP contribution in [0.25, 0.3) is 0 Å². The summed E-state index contributed by atoms with van der Waals surface area (Å²) < 4.78 is 15.5. The van der Waals surface area contributed by atoms with E-state index in [0.29, 0.717) is 21.5 Å². The van der Waals surface area contributed by atoms with E-state index in [1.807, 2.05) is 0 Å². The molecule has 2 aromatic carbocycles. The Labute approximate surface area is 171 Å². The Morgan fingerprint density at radius 2 is 1.67 bits per heavy atom. The number of hydrogen-bond donors (Lipinski definition) is 1. The van der Waals surface area contributed by atoms with Crippen molar-refractivity contribution in [3.63, 3.8) is 0 Å². The van der Waals surface area contributed by atoms with Crippen molar-refractivity contribution in [1.29, 1.82) is 0 Å². The van der Waals surface area contributed by atoms with Crippen molar-refractivity contribution in [2.45, 2.75) is 13.0 Å². The number of rotatable bonds is 7. The summed E-state index contributed by atoms with van der Waals surface area (Å²) >= 11 is 17.7. The highest BCUT2D eigenvalue weighted by Crippen LogP contribution is 2.29. The van der Waals surface area contributed by atoms with E-state index >= 15 is 0 Å². The first-order chi connectivity index (χ1) is 12.8. The average Bonchev–Trinajstić information content (AvgIpc) is 2.62. The smallest absolute Gasteiger partial charge is 0.347 e. The molecule has 0 spiro atoms. The summed E-state index contributed by atoms with van der Waals surface area (Å²) in [7, 11) is 1.46. The number of carbonyl (C=O) groups is 2. The van der Waals surface area contributed by atoms with Gasteiger partial charge in [-0.15, -0.1) is 0 Å². The second-order valence-electron chi connectivity index (χ2n) is 5.34. The van der Waals surface area contributed by atoms with E-state index in [4.69, 9.17) is 49.0 Å². The number of carbonyl (C=O) groups excluding carboxylic acids is 2. The van der Waals surface area contributed by atoms with Gasteiger partial charge in [-0.05, 0) is 43.3 Å². The van der Waals surface area contributed by atoms with E-state index in [-0.39, 0.29) is 10.8 Å². The highest BCUT2D eigenvalue weighted by molar-refractivity contribution is 6.35. The van der Waals surface area contributed by atoms with E-state index in [0.717, 1.165) is 0 Å². The van der Waals surface area contributed by atoms with Gasteiger partial charge in [-0.1, -0.05) is 34.8 Å². The first kappa shape index (κ1) is 21.2. The molecule has 6 nitrogen and oxygen atoms in total. The Balaban J connectivity index is 1.89. The number of benzene rings is 2. The van der Waals surface area contributed by atoms with Crippen LogP contribution in [0.2, 0.25) is 15.1 Å². The normalized spacial score (nSPS) is 11.4. The molecule has 144 valence electrons. The summed E-state index contributed by atoms with van der Waals surface area (Å²) in [6.45, 7) is 0.974. The fourth-order valence-corrected chi connectivity index (χ4v) is 2.65. The number of halogens is 3. The Bertz CT molecular complexity index is 844. The Kier molecular flexibility index (Phi) is 7.59. The molecular formula is C18H16Cl3NO5. The average molecular weight is 433 g/mol. The molecule has 1 N–H and O–H groups in total. The zero-order valence-electron chi connectivity index (χ0n) is 14.4.